The molecule has 16 heavy (non-hydrogen) atoms. The molecule has 0 amide bonds. The lowest BCUT2D eigenvalue weighted by Crippen LogP contribution is -2.27. The van der Waals surface area contributed by atoms with Gasteiger partial charge in [-0.1, -0.05) is 19.9 Å². The highest BCUT2D eigenvalue weighted by atomic mass is 32.1. The Morgan fingerprint density at radius 2 is 2.00 bits per heavy atom. The highest BCUT2D eigenvalue weighted by Gasteiger charge is 2.23. The third kappa shape index (κ3) is 1.74. The number of fused-ring (bicyclic) bond motifs is 1. The Bertz CT molecular complexity index is 526. The number of rotatable bonds is 2. The number of benzene rings is 1. The summed E-state index contributed by atoms with van der Waals surface area (Å²) in [5, 5.41) is 1.14. The van der Waals surface area contributed by atoms with E-state index in [9.17, 15) is 0 Å². The summed E-state index contributed by atoms with van der Waals surface area (Å²) >= 11 is 1.76. The van der Waals surface area contributed by atoms with Crippen LogP contribution in [0.4, 0.5) is 0 Å². The smallest absolute Gasteiger partial charge is 0.101 e. The van der Waals surface area contributed by atoms with E-state index in [1.54, 1.807) is 11.3 Å². The lowest BCUT2D eigenvalue weighted by Gasteiger charge is -2.18. The maximum Gasteiger partial charge on any atom is 0.101 e. The summed E-state index contributed by atoms with van der Waals surface area (Å²) in [7, 11) is 0. The first kappa shape index (κ1) is 11.6. The van der Waals surface area contributed by atoms with E-state index in [4.69, 9.17) is 10.7 Å². The third-order valence-electron chi connectivity index (χ3n) is 3.17. The Balaban J connectivity index is 2.65. The average Bonchev–Trinajstić information content (AvgIpc) is 2.69. The monoisotopic (exact) mass is 234 g/mol. The van der Waals surface area contributed by atoms with E-state index in [0.29, 0.717) is 6.54 Å². The van der Waals surface area contributed by atoms with Gasteiger partial charge in [0.2, 0.25) is 0 Å². The molecule has 1 aromatic carbocycles. The minimum Gasteiger partial charge on any atom is -0.330 e. The first-order valence-corrected chi connectivity index (χ1v) is 6.34. The van der Waals surface area contributed by atoms with Crippen LogP contribution in [0.15, 0.2) is 12.1 Å². The summed E-state index contributed by atoms with van der Waals surface area (Å²) in [5.74, 6) is 0. The zero-order chi connectivity index (χ0) is 11.9. The van der Waals surface area contributed by atoms with Gasteiger partial charge in [0.1, 0.15) is 5.01 Å². The molecule has 2 N–H and O–H groups in total. The van der Waals surface area contributed by atoms with Gasteiger partial charge >= 0.3 is 0 Å². The number of nitrogens with zero attached hydrogens (tertiary/aromatic N) is 1. The van der Waals surface area contributed by atoms with Crippen molar-refractivity contribution in [2.24, 2.45) is 5.73 Å². The van der Waals surface area contributed by atoms with Crippen molar-refractivity contribution >= 4 is 21.6 Å². The largest absolute Gasteiger partial charge is 0.330 e. The van der Waals surface area contributed by atoms with Gasteiger partial charge in [-0.15, -0.1) is 11.3 Å². The highest BCUT2D eigenvalue weighted by molar-refractivity contribution is 7.18. The van der Waals surface area contributed by atoms with Crippen LogP contribution in [-0.2, 0) is 5.41 Å². The van der Waals surface area contributed by atoms with Crippen molar-refractivity contribution in [1.29, 1.82) is 0 Å². The zero-order valence-corrected chi connectivity index (χ0v) is 11.1. The number of aryl methyl sites for hydroxylation is 2. The van der Waals surface area contributed by atoms with Gasteiger partial charge in [-0.25, -0.2) is 4.98 Å². The molecule has 2 nitrogen and oxygen atoms in total. The lowest BCUT2D eigenvalue weighted by atomic mass is 9.95. The SMILES string of the molecule is Cc1ccc2sc(C(C)(C)CN)nc2c1C. The van der Waals surface area contributed by atoms with Crippen LogP contribution < -0.4 is 5.73 Å². The Hall–Kier alpha value is -0.930. The molecule has 0 spiro atoms. The first-order chi connectivity index (χ1) is 7.45. The van der Waals surface area contributed by atoms with E-state index >= 15 is 0 Å². The molecule has 1 aromatic heterocycles. The number of thiazole rings is 1. The normalized spacial score (nSPS) is 12.3. The Morgan fingerprint density at radius 1 is 1.31 bits per heavy atom. The Labute approximate surface area is 101 Å². The number of aromatic nitrogens is 1. The molecule has 0 saturated carbocycles. The minimum atomic E-state index is -0.0238. The first-order valence-electron chi connectivity index (χ1n) is 5.53. The summed E-state index contributed by atoms with van der Waals surface area (Å²) in [6.45, 7) is 9.18. The van der Waals surface area contributed by atoms with Crippen molar-refractivity contribution in [2.75, 3.05) is 6.54 Å². The lowest BCUT2D eigenvalue weighted by molar-refractivity contribution is 0.536. The van der Waals surface area contributed by atoms with E-state index in [2.05, 4.69) is 39.8 Å². The quantitative estimate of drug-likeness (QED) is 0.867. The van der Waals surface area contributed by atoms with Gasteiger partial charge in [-0.2, -0.15) is 0 Å². The maximum atomic E-state index is 5.79. The topological polar surface area (TPSA) is 38.9 Å². The van der Waals surface area contributed by atoms with Crippen molar-refractivity contribution in [1.82, 2.24) is 4.98 Å². The van der Waals surface area contributed by atoms with E-state index in [1.165, 1.54) is 15.8 Å². The fourth-order valence-corrected chi connectivity index (χ4v) is 2.74. The number of hydrogen-bond acceptors (Lipinski definition) is 3. The van der Waals surface area contributed by atoms with E-state index in [1.807, 2.05) is 0 Å². The molecule has 0 aliphatic heterocycles. The second-order valence-corrected chi connectivity index (χ2v) is 5.99. The second kappa shape index (κ2) is 3.82. The van der Waals surface area contributed by atoms with Gasteiger partial charge in [-0.05, 0) is 31.0 Å². The van der Waals surface area contributed by atoms with Crippen molar-refractivity contribution in [3.63, 3.8) is 0 Å². The van der Waals surface area contributed by atoms with Crippen molar-refractivity contribution < 1.29 is 0 Å². The standard InChI is InChI=1S/C13H18N2S/c1-8-5-6-10-11(9(8)2)15-12(16-10)13(3,4)7-14/h5-6H,7,14H2,1-4H3. The predicted octanol–water partition coefficient (Wildman–Crippen LogP) is 3.15. The van der Waals surface area contributed by atoms with Crippen LogP contribution >= 0.6 is 11.3 Å². The van der Waals surface area contributed by atoms with Crippen molar-refractivity contribution in [3.8, 4) is 0 Å². The fraction of sp³-hybridized carbons (Fsp3) is 0.462. The van der Waals surface area contributed by atoms with Crippen LogP contribution in [0, 0.1) is 13.8 Å². The Morgan fingerprint density at radius 3 is 2.62 bits per heavy atom. The molecule has 86 valence electrons. The van der Waals surface area contributed by atoms with E-state index in [-0.39, 0.29) is 5.41 Å². The minimum absolute atomic E-state index is 0.0238. The third-order valence-corrected chi connectivity index (χ3v) is 4.56. The van der Waals surface area contributed by atoms with Crippen LogP contribution in [0.2, 0.25) is 0 Å². The molecule has 3 heteroatoms. The number of hydrogen-bond donors (Lipinski definition) is 1. The number of nitrogens with two attached hydrogens (primary N) is 1. The molecule has 2 rings (SSSR count). The maximum absolute atomic E-state index is 5.79. The zero-order valence-electron chi connectivity index (χ0n) is 10.3. The summed E-state index contributed by atoms with van der Waals surface area (Å²) in [6.07, 6.45) is 0. The van der Waals surface area contributed by atoms with Crippen LogP contribution in [-0.4, -0.2) is 11.5 Å². The van der Waals surface area contributed by atoms with E-state index in [0.717, 1.165) is 10.5 Å². The molecule has 0 aliphatic rings. The summed E-state index contributed by atoms with van der Waals surface area (Å²) in [6, 6.07) is 4.32. The van der Waals surface area contributed by atoms with Crippen molar-refractivity contribution in [2.45, 2.75) is 33.1 Å². The van der Waals surface area contributed by atoms with Crippen LogP contribution in [0.5, 0.6) is 0 Å². The van der Waals surface area contributed by atoms with Gasteiger partial charge < -0.3 is 5.73 Å². The molecule has 0 radical (unpaired) electrons. The highest BCUT2D eigenvalue weighted by Crippen LogP contribution is 2.32. The molecule has 0 unspecified atom stereocenters. The molecule has 0 bridgehead atoms. The van der Waals surface area contributed by atoms with Crippen molar-refractivity contribution in [3.05, 3.63) is 28.3 Å². The summed E-state index contributed by atoms with van der Waals surface area (Å²) in [4.78, 5) is 4.75. The predicted molar refractivity (Wildman–Crippen MR) is 71.2 cm³/mol. The van der Waals surface area contributed by atoms with Crippen LogP contribution in [0.25, 0.3) is 10.2 Å². The second-order valence-electron chi connectivity index (χ2n) is 4.96. The van der Waals surface area contributed by atoms with E-state index < -0.39 is 0 Å². The fourth-order valence-electron chi connectivity index (χ4n) is 1.60. The molecular formula is C13H18N2S. The van der Waals surface area contributed by atoms with Gasteiger partial charge in [0.15, 0.2) is 0 Å². The molecule has 0 fully saturated rings. The summed E-state index contributed by atoms with van der Waals surface area (Å²) in [5.41, 5.74) is 9.50. The Kier molecular flexibility index (Phi) is 2.76. The van der Waals surface area contributed by atoms with Gasteiger partial charge in [0, 0.05) is 12.0 Å². The van der Waals surface area contributed by atoms with Crippen LogP contribution in [0.1, 0.15) is 30.0 Å². The average molecular weight is 234 g/mol. The van der Waals surface area contributed by atoms with Crippen LogP contribution in [0.3, 0.4) is 0 Å². The van der Waals surface area contributed by atoms with Gasteiger partial charge in [0.05, 0.1) is 10.2 Å². The molecule has 0 saturated heterocycles. The molecule has 1 heterocycles. The molecular weight excluding hydrogens is 216 g/mol. The molecule has 0 aliphatic carbocycles. The molecule has 0 atom stereocenters. The van der Waals surface area contributed by atoms with Gasteiger partial charge in [-0.3, -0.25) is 0 Å². The summed E-state index contributed by atoms with van der Waals surface area (Å²) < 4.78 is 1.26. The van der Waals surface area contributed by atoms with Gasteiger partial charge in [0.25, 0.3) is 0 Å². The molecule has 2 aromatic rings.